The summed E-state index contributed by atoms with van der Waals surface area (Å²) in [6.07, 6.45) is 11.7. The van der Waals surface area contributed by atoms with Crippen molar-refractivity contribution in [1.29, 1.82) is 0 Å². The van der Waals surface area contributed by atoms with Crippen molar-refractivity contribution in [2.45, 2.75) is 105 Å². The third-order valence-corrected chi connectivity index (χ3v) is 7.15. The van der Waals surface area contributed by atoms with Crippen LogP contribution < -0.4 is 9.47 Å². The van der Waals surface area contributed by atoms with Gasteiger partial charge in [0.15, 0.2) is 0 Å². The van der Waals surface area contributed by atoms with Crippen molar-refractivity contribution >= 4 is 0 Å². The molecule has 0 amide bonds. The van der Waals surface area contributed by atoms with Gasteiger partial charge in [-0.3, -0.25) is 17.6 Å². The smallest absolute Gasteiger partial charge is 0.513 e. The SMILES string of the molecule is CCCCCCCCOc1c(F)c(F)[c-]c(F)c1F.CCCCCCCCOc1c(F)c(F)[c-]c(F)c1F.C[c-]1cccc1.C[c-]1cccc1.[Ti+4]. The molecule has 0 atom stereocenters. The van der Waals surface area contributed by atoms with Crippen molar-refractivity contribution in [3.8, 4) is 11.5 Å². The summed E-state index contributed by atoms with van der Waals surface area (Å²) < 4.78 is 114. The Hall–Kier alpha value is -3.11. The standard InChI is InChI=1S/2C14H17F4O.2C6H7.Ti/c2*1-2-3-4-5-6-7-8-19-14-12(17)10(15)9-11(16)13(14)18;2*1-6-4-2-3-5-6;/h2*2-8H2,1H3;2*2-5H,1H3;/q4*-1;+4. The summed E-state index contributed by atoms with van der Waals surface area (Å²) in [6, 6.07) is 19.1. The van der Waals surface area contributed by atoms with Crippen LogP contribution in [0.2, 0.25) is 0 Å². The van der Waals surface area contributed by atoms with E-state index in [1.54, 1.807) is 0 Å². The molecule has 0 saturated carbocycles. The van der Waals surface area contributed by atoms with Gasteiger partial charge >= 0.3 is 21.7 Å². The van der Waals surface area contributed by atoms with Crippen LogP contribution in [0, 0.1) is 72.5 Å². The fourth-order valence-corrected chi connectivity index (χ4v) is 4.31. The molecule has 0 aliphatic rings. The molecule has 0 bridgehead atoms. The summed E-state index contributed by atoms with van der Waals surface area (Å²) in [5.74, 6) is -14.4. The van der Waals surface area contributed by atoms with E-state index in [9.17, 15) is 35.1 Å². The molecule has 4 aromatic carbocycles. The van der Waals surface area contributed by atoms with E-state index in [-0.39, 0.29) is 34.9 Å². The molecule has 0 aliphatic heterocycles. The molecule has 4 aromatic rings. The molecule has 0 unspecified atom stereocenters. The number of halogens is 8. The van der Waals surface area contributed by atoms with Crippen LogP contribution in [-0.4, -0.2) is 13.2 Å². The van der Waals surface area contributed by atoms with Crippen LogP contribution in [0.5, 0.6) is 11.5 Å². The van der Waals surface area contributed by atoms with E-state index in [0.717, 1.165) is 64.2 Å². The molecule has 0 aromatic heterocycles. The predicted octanol–water partition coefficient (Wildman–Crippen LogP) is 13.0. The van der Waals surface area contributed by atoms with Gasteiger partial charge in [-0.25, -0.2) is 41.8 Å². The van der Waals surface area contributed by atoms with Crippen molar-refractivity contribution in [1.82, 2.24) is 0 Å². The fraction of sp³-hybridized carbons (Fsp3) is 0.450. The first-order valence-corrected chi connectivity index (χ1v) is 17.1. The summed E-state index contributed by atoms with van der Waals surface area (Å²) >= 11 is 0. The minimum Gasteiger partial charge on any atom is -0.513 e. The van der Waals surface area contributed by atoms with Crippen molar-refractivity contribution in [3.05, 3.63) is 118 Å². The van der Waals surface area contributed by atoms with Crippen molar-refractivity contribution in [3.63, 3.8) is 0 Å². The number of hydrogen-bond donors (Lipinski definition) is 0. The quantitative estimate of drug-likeness (QED) is 0.0372. The van der Waals surface area contributed by atoms with Crippen molar-refractivity contribution < 1.29 is 66.3 Å². The monoisotopic (exact) mass is 760 g/mol. The molecule has 51 heavy (non-hydrogen) atoms. The van der Waals surface area contributed by atoms with E-state index in [1.807, 2.05) is 24.3 Å². The van der Waals surface area contributed by atoms with Gasteiger partial charge in [0.25, 0.3) is 0 Å². The molecular formula is C40H48F8O2Ti. The number of ether oxygens (including phenoxy) is 2. The zero-order valence-electron chi connectivity index (χ0n) is 29.9. The second-order valence-corrected chi connectivity index (χ2v) is 11.6. The predicted molar refractivity (Wildman–Crippen MR) is 182 cm³/mol. The summed E-state index contributed by atoms with van der Waals surface area (Å²) in [5.41, 5.74) is 2.69. The average molecular weight is 761 g/mol. The Morgan fingerprint density at radius 2 is 0.706 bits per heavy atom. The number of hydrogen-bond acceptors (Lipinski definition) is 2. The van der Waals surface area contributed by atoms with Gasteiger partial charge in [0.1, 0.15) is 0 Å². The molecule has 0 N–H and O–H groups in total. The normalized spacial score (nSPS) is 10.1. The summed E-state index contributed by atoms with van der Waals surface area (Å²) in [4.78, 5) is 0. The second-order valence-electron chi connectivity index (χ2n) is 11.6. The third kappa shape index (κ3) is 19.9. The Balaban J connectivity index is 0.000000727. The Bertz CT molecular complexity index is 1280. The van der Waals surface area contributed by atoms with Crippen LogP contribution in [0.4, 0.5) is 35.1 Å². The van der Waals surface area contributed by atoms with E-state index in [1.165, 1.54) is 23.3 Å². The molecule has 0 aliphatic carbocycles. The van der Waals surface area contributed by atoms with Gasteiger partial charge in [0.2, 0.25) is 0 Å². The molecule has 0 saturated heterocycles. The number of rotatable bonds is 16. The molecule has 280 valence electrons. The summed E-state index contributed by atoms with van der Waals surface area (Å²) in [5, 5.41) is 0. The van der Waals surface area contributed by atoms with Crippen LogP contribution in [0.1, 0.15) is 102 Å². The van der Waals surface area contributed by atoms with Gasteiger partial charge in [-0.15, -0.1) is 12.1 Å². The first kappa shape index (κ1) is 47.9. The summed E-state index contributed by atoms with van der Waals surface area (Å²) in [7, 11) is 0. The minimum atomic E-state index is -1.57. The Labute approximate surface area is 313 Å². The van der Waals surface area contributed by atoms with E-state index < -0.39 is 58.0 Å². The minimum absolute atomic E-state index is 0. The molecule has 4 rings (SSSR count). The maximum Gasteiger partial charge on any atom is 4.00 e. The van der Waals surface area contributed by atoms with Gasteiger partial charge in [-0.1, -0.05) is 91.9 Å². The van der Waals surface area contributed by atoms with E-state index in [0.29, 0.717) is 12.8 Å². The molecule has 0 fully saturated rings. The Morgan fingerprint density at radius 1 is 0.451 bits per heavy atom. The largest absolute Gasteiger partial charge is 4.00 e. The fourth-order valence-electron chi connectivity index (χ4n) is 4.31. The van der Waals surface area contributed by atoms with Crippen molar-refractivity contribution in [2.24, 2.45) is 0 Å². The topological polar surface area (TPSA) is 18.5 Å². The number of unbranched alkanes of at least 4 members (excludes halogenated alkanes) is 10. The Morgan fingerprint density at radius 3 is 0.941 bits per heavy atom. The van der Waals surface area contributed by atoms with Crippen LogP contribution in [0.3, 0.4) is 0 Å². The van der Waals surface area contributed by atoms with Gasteiger partial charge in [0, 0.05) is 0 Å². The van der Waals surface area contributed by atoms with Crippen LogP contribution >= 0.6 is 0 Å². The average Bonchev–Trinajstić information content (AvgIpc) is 3.79. The molecule has 11 heteroatoms. The Kier molecular flexibility index (Phi) is 26.7. The first-order chi connectivity index (χ1) is 23.9. The van der Waals surface area contributed by atoms with E-state index >= 15 is 0 Å². The molecule has 0 spiro atoms. The maximum atomic E-state index is 13.2. The molecular weight excluding hydrogens is 712 g/mol. The second kappa shape index (κ2) is 28.5. The zero-order valence-corrected chi connectivity index (χ0v) is 31.4. The molecule has 0 heterocycles. The number of benzene rings is 2. The van der Waals surface area contributed by atoms with Crippen LogP contribution in [0.15, 0.2) is 48.5 Å². The maximum absolute atomic E-state index is 13.2. The van der Waals surface area contributed by atoms with E-state index in [2.05, 4.69) is 52.0 Å². The van der Waals surface area contributed by atoms with Crippen LogP contribution in [0.25, 0.3) is 0 Å². The van der Waals surface area contributed by atoms with E-state index in [4.69, 9.17) is 9.47 Å². The zero-order chi connectivity index (χ0) is 37.3. The summed E-state index contributed by atoms with van der Waals surface area (Å²) in [6.45, 7) is 8.43. The third-order valence-electron chi connectivity index (χ3n) is 7.15. The van der Waals surface area contributed by atoms with Crippen LogP contribution in [-0.2, 0) is 21.7 Å². The van der Waals surface area contributed by atoms with Gasteiger partial charge in [0.05, 0.1) is 71.3 Å². The van der Waals surface area contributed by atoms with Gasteiger partial charge in [-0.05, 0) is 12.8 Å². The van der Waals surface area contributed by atoms with Gasteiger partial charge < -0.3 is 9.47 Å². The molecule has 0 radical (unpaired) electrons. The van der Waals surface area contributed by atoms with Gasteiger partial charge in [-0.2, -0.15) is 35.4 Å². The first-order valence-electron chi connectivity index (χ1n) is 17.1. The number of aryl methyl sites for hydroxylation is 2. The van der Waals surface area contributed by atoms with Crippen molar-refractivity contribution in [2.75, 3.05) is 13.2 Å². The molecule has 2 nitrogen and oxygen atoms in total.